The van der Waals surface area contributed by atoms with Gasteiger partial charge in [0.2, 0.25) is 5.91 Å². The van der Waals surface area contributed by atoms with Crippen LogP contribution in [0, 0.1) is 0 Å². The Morgan fingerprint density at radius 1 is 1.03 bits per heavy atom. The van der Waals surface area contributed by atoms with Gasteiger partial charge in [-0.15, -0.1) is 5.10 Å². The Kier molecular flexibility index (Phi) is 7.07. The van der Waals surface area contributed by atoms with Crippen molar-refractivity contribution in [3.8, 4) is 11.5 Å². The molecule has 0 saturated carbocycles. The van der Waals surface area contributed by atoms with E-state index in [2.05, 4.69) is 10.2 Å². The average molecular weight is 480 g/mol. The molecule has 0 aliphatic carbocycles. The van der Waals surface area contributed by atoms with E-state index in [0.717, 1.165) is 0 Å². The summed E-state index contributed by atoms with van der Waals surface area (Å²) in [4.78, 5) is 26.4. The molecular formula is C24H18ClN3O4S. The number of amidine groups is 1. The van der Waals surface area contributed by atoms with E-state index in [1.54, 1.807) is 67.8 Å². The summed E-state index contributed by atoms with van der Waals surface area (Å²) in [5.41, 5.74) is 1.53. The highest BCUT2D eigenvalue weighted by Gasteiger charge is 2.31. The zero-order valence-electron chi connectivity index (χ0n) is 17.5. The summed E-state index contributed by atoms with van der Waals surface area (Å²) in [5.74, 6) is 0.512. The molecule has 1 heterocycles. The smallest absolute Gasteiger partial charge is 0.343 e. The van der Waals surface area contributed by atoms with Crippen LogP contribution in [0.3, 0.4) is 0 Å². The number of halogens is 1. The van der Waals surface area contributed by atoms with Crippen LogP contribution in [0.15, 0.2) is 83.0 Å². The van der Waals surface area contributed by atoms with Gasteiger partial charge in [0, 0.05) is 10.6 Å². The van der Waals surface area contributed by atoms with E-state index < -0.39 is 5.97 Å². The Hall–Kier alpha value is -3.62. The summed E-state index contributed by atoms with van der Waals surface area (Å²) < 4.78 is 10.9. The molecule has 0 atom stereocenters. The molecule has 7 nitrogen and oxygen atoms in total. The Balaban J connectivity index is 1.55. The number of hydrogen-bond acceptors (Lipinski definition) is 7. The number of methoxy groups -OCH3 is 1. The average Bonchev–Trinajstić information content (AvgIpc) is 3.20. The molecule has 1 fully saturated rings. The van der Waals surface area contributed by atoms with E-state index in [1.165, 1.54) is 22.9 Å². The number of nitrogens with zero attached hydrogens (tertiary/aromatic N) is 3. The Morgan fingerprint density at radius 2 is 1.73 bits per heavy atom. The van der Waals surface area contributed by atoms with Gasteiger partial charge in [0.15, 0.2) is 5.17 Å². The number of hydrogen-bond donors (Lipinski definition) is 0. The highest BCUT2D eigenvalue weighted by atomic mass is 35.5. The number of rotatable bonds is 6. The second-order valence-corrected chi connectivity index (χ2v) is 8.13. The summed E-state index contributed by atoms with van der Waals surface area (Å²) in [6.07, 6.45) is 1.47. The Bertz CT molecular complexity index is 1240. The molecule has 1 saturated heterocycles. The second-order valence-electron chi connectivity index (χ2n) is 6.75. The molecule has 4 rings (SSSR count). The number of amides is 1. The minimum absolute atomic E-state index is 0.115. The van der Waals surface area contributed by atoms with Crippen LogP contribution in [0.5, 0.6) is 11.5 Å². The standard InChI is InChI=1S/C24H18ClN3O4S/c1-31-21-9-5-3-7-19(21)28-22(29)15-33-24(28)27-26-14-17-6-2-4-8-20(17)32-23(30)16-10-12-18(25)13-11-16/h2-14H,15H2,1H3/b26-14-,27-24+. The molecule has 33 heavy (non-hydrogen) atoms. The van der Waals surface area contributed by atoms with Gasteiger partial charge in [0.25, 0.3) is 0 Å². The van der Waals surface area contributed by atoms with Crippen LogP contribution in [0.4, 0.5) is 5.69 Å². The van der Waals surface area contributed by atoms with Crippen molar-refractivity contribution in [1.29, 1.82) is 0 Å². The maximum atomic E-state index is 12.5. The molecule has 166 valence electrons. The number of para-hydroxylation sites is 3. The first kappa shape index (κ1) is 22.6. The van der Waals surface area contributed by atoms with Gasteiger partial charge in [-0.3, -0.25) is 9.69 Å². The van der Waals surface area contributed by atoms with E-state index in [0.29, 0.717) is 38.5 Å². The fraction of sp³-hybridized carbons (Fsp3) is 0.0833. The number of benzene rings is 3. The van der Waals surface area contributed by atoms with Crippen LogP contribution in [0.1, 0.15) is 15.9 Å². The van der Waals surface area contributed by atoms with Crippen molar-refractivity contribution >= 4 is 52.3 Å². The molecule has 3 aromatic rings. The minimum Gasteiger partial charge on any atom is -0.495 e. The zero-order valence-corrected chi connectivity index (χ0v) is 19.0. The molecule has 0 radical (unpaired) electrons. The normalized spacial score (nSPS) is 14.8. The zero-order chi connectivity index (χ0) is 23.2. The molecule has 0 unspecified atom stereocenters. The highest BCUT2D eigenvalue weighted by Crippen LogP contribution is 2.33. The second kappa shape index (κ2) is 10.3. The third-order valence-corrected chi connectivity index (χ3v) is 5.80. The lowest BCUT2D eigenvalue weighted by atomic mass is 10.2. The molecule has 0 bridgehead atoms. The molecule has 1 aliphatic rings. The monoisotopic (exact) mass is 479 g/mol. The summed E-state index contributed by atoms with van der Waals surface area (Å²) in [6, 6.07) is 20.6. The van der Waals surface area contributed by atoms with Gasteiger partial charge in [-0.2, -0.15) is 5.10 Å². The maximum Gasteiger partial charge on any atom is 0.343 e. The van der Waals surface area contributed by atoms with Crippen LogP contribution < -0.4 is 14.4 Å². The third kappa shape index (κ3) is 5.24. The first-order chi connectivity index (χ1) is 16.1. The summed E-state index contributed by atoms with van der Waals surface area (Å²) in [5, 5.41) is 9.33. The molecule has 1 aliphatic heterocycles. The van der Waals surface area contributed by atoms with Gasteiger partial charge in [0.05, 0.1) is 30.3 Å². The lowest BCUT2D eigenvalue weighted by Crippen LogP contribution is -2.29. The molecule has 1 amide bonds. The lowest BCUT2D eigenvalue weighted by molar-refractivity contribution is -0.115. The molecule has 0 N–H and O–H groups in total. The number of carbonyl (C=O) groups excluding carboxylic acids is 2. The van der Waals surface area contributed by atoms with Crippen LogP contribution in [-0.4, -0.2) is 36.1 Å². The van der Waals surface area contributed by atoms with Gasteiger partial charge < -0.3 is 9.47 Å². The first-order valence-electron chi connectivity index (χ1n) is 9.83. The highest BCUT2D eigenvalue weighted by molar-refractivity contribution is 8.15. The van der Waals surface area contributed by atoms with Crippen molar-refractivity contribution in [2.45, 2.75) is 0 Å². The molecular weight excluding hydrogens is 462 g/mol. The van der Waals surface area contributed by atoms with Gasteiger partial charge in [-0.25, -0.2) is 4.79 Å². The van der Waals surface area contributed by atoms with E-state index in [1.807, 2.05) is 12.1 Å². The van der Waals surface area contributed by atoms with Crippen molar-refractivity contribution in [3.05, 3.63) is 88.9 Å². The fourth-order valence-electron chi connectivity index (χ4n) is 3.05. The van der Waals surface area contributed by atoms with Crippen molar-refractivity contribution in [1.82, 2.24) is 0 Å². The van der Waals surface area contributed by atoms with E-state index in [4.69, 9.17) is 21.1 Å². The predicted molar refractivity (Wildman–Crippen MR) is 131 cm³/mol. The van der Waals surface area contributed by atoms with Gasteiger partial charge in [-0.05, 0) is 48.5 Å². The van der Waals surface area contributed by atoms with Crippen molar-refractivity contribution in [2.24, 2.45) is 10.2 Å². The number of thioether (sulfide) groups is 1. The number of ether oxygens (including phenoxy) is 2. The van der Waals surface area contributed by atoms with Crippen molar-refractivity contribution in [2.75, 3.05) is 17.8 Å². The topological polar surface area (TPSA) is 80.6 Å². The quantitative estimate of drug-likeness (QED) is 0.214. The molecule has 3 aromatic carbocycles. The summed E-state index contributed by atoms with van der Waals surface area (Å²) in [6.45, 7) is 0. The van der Waals surface area contributed by atoms with Crippen LogP contribution >= 0.6 is 23.4 Å². The molecule has 9 heteroatoms. The van der Waals surface area contributed by atoms with E-state index in [-0.39, 0.29) is 11.7 Å². The molecule has 0 aromatic heterocycles. The first-order valence-corrected chi connectivity index (χ1v) is 11.2. The number of anilines is 1. The molecule has 0 spiro atoms. The van der Waals surface area contributed by atoms with Gasteiger partial charge in [0.1, 0.15) is 11.5 Å². The van der Waals surface area contributed by atoms with Crippen LogP contribution in [0.25, 0.3) is 0 Å². The summed E-state index contributed by atoms with van der Waals surface area (Å²) in [7, 11) is 1.55. The SMILES string of the molecule is COc1ccccc1N1C(=O)CS/C1=N/N=C\c1ccccc1OC(=O)c1ccc(Cl)cc1. The largest absolute Gasteiger partial charge is 0.495 e. The predicted octanol–water partition coefficient (Wildman–Crippen LogP) is 5.04. The van der Waals surface area contributed by atoms with Crippen LogP contribution in [-0.2, 0) is 4.79 Å². The van der Waals surface area contributed by atoms with Crippen LogP contribution in [0.2, 0.25) is 5.02 Å². The lowest BCUT2D eigenvalue weighted by Gasteiger charge is -2.17. The van der Waals surface area contributed by atoms with E-state index in [9.17, 15) is 9.59 Å². The Morgan fingerprint density at radius 3 is 2.48 bits per heavy atom. The van der Waals surface area contributed by atoms with E-state index >= 15 is 0 Å². The maximum absolute atomic E-state index is 12.5. The minimum atomic E-state index is -0.516. The van der Waals surface area contributed by atoms with Crippen molar-refractivity contribution in [3.63, 3.8) is 0 Å². The van der Waals surface area contributed by atoms with Gasteiger partial charge >= 0.3 is 5.97 Å². The Labute approximate surface area is 199 Å². The number of carbonyl (C=O) groups is 2. The van der Waals surface area contributed by atoms with Crippen molar-refractivity contribution < 1.29 is 19.1 Å². The van der Waals surface area contributed by atoms with Gasteiger partial charge in [-0.1, -0.05) is 47.6 Å². The summed E-state index contributed by atoms with van der Waals surface area (Å²) >= 11 is 7.15. The third-order valence-electron chi connectivity index (χ3n) is 4.63. The number of esters is 1. The fourth-order valence-corrected chi connectivity index (χ4v) is 3.99.